The number of anilines is 1. The zero-order valence-electron chi connectivity index (χ0n) is 12.2. The highest BCUT2D eigenvalue weighted by Crippen LogP contribution is 2.38. The van der Waals surface area contributed by atoms with Gasteiger partial charge in [-0.05, 0) is 36.5 Å². The molecule has 0 spiro atoms. The molecule has 1 saturated carbocycles. The maximum Gasteiger partial charge on any atom is 0.302 e. The first kappa shape index (κ1) is 15.3. The summed E-state index contributed by atoms with van der Waals surface area (Å²) in [6.07, 6.45) is 6.42. The van der Waals surface area contributed by atoms with E-state index in [1.54, 1.807) is 12.1 Å². The Morgan fingerprint density at radius 2 is 1.95 bits per heavy atom. The number of phenolic OH excluding ortho intramolecular Hbond substituents is 1. The number of nitrogens with zero attached hydrogens (tertiary/aromatic N) is 1. The molecule has 2 aliphatic rings. The van der Waals surface area contributed by atoms with Gasteiger partial charge in [0.15, 0.2) is 0 Å². The van der Waals surface area contributed by atoms with Gasteiger partial charge in [-0.25, -0.2) is 0 Å². The van der Waals surface area contributed by atoms with Gasteiger partial charge in [0.25, 0.3) is 0 Å². The number of rotatable bonds is 3. The summed E-state index contributed by atoms with van der Waals surface area (Å²) in [6, 6.07) is 4.40. The van der Waals surface area contributed by atoms with Crippen LogP contribution >= 0.6 is 0 Å². The maximum atomic E-state index is 12.0. The summed E-state index contributed by atoms with van der Waals surface area (Å²) >= 11 is 0. The summed E-state index contributed by atoms with van der Waals surface area (Å²) < 4.78 is 27.3. The Bertz CT molecular complexity index is 668. The molecule has 7 heteroatoms. The van der Waals surface area contributed by atoms with E-state index in [2.05, 4.69) is 4.72 Å². The Balaban J connectivity index is 1.87. The van der Waals surface area contributed by atoms with Crippen molar-refractivity contribution in [2.75, 3.05) is 10.8 Å². The van der Waals surface area contributed by atoms with E-state index in [-0.39, 0.29) is 18.0 Å². The van der Waals surface area contributed by atoms with Crippen LogP contribution in [0.2, 0.25) is 0 Å². The molecule has 0 bridgehead atoms. The van der Waals surface area contributed by atoms with Crippen LogP contribution in [0.5, 0.6) is 5.75 Å². The van der Waals surface area contributed by atoms with Crippen molar-refractivity contribution in [1.29, 1.82) is 0 Å². The minimum atomic E-state index is -3.77. The summed E-state index contributed by atoms with van der Waals surface area (Å²) in [7, 11) is -3.77. The predicted molar refractivity (Wildman–Crippen MR) is 83.2 cm³/mol. The fourth-order valence-electron chi connectivity index (χ4n) is 3.31. The van der Waals surface area contributed by atoms with Crippen molar-refractivity contribution in [3.63, 3.8) is 0 Å². The average molecular weight is 324 g/mol. The van der Waals surface area contributed by atoms with E-state index in [0.29, 0.717) is 12.2 Å². The van der Waals surface area contributed by atoms with Gasteiger partial charge in [0.05, 0.1) is 18.3 Å². The number of phenols is 1. The quantitative estimate of drug-likeness (QED) is 0.828. The number of aromatic hydroxyl groups is 1. The number of benzene rings is 1. The molecule has 22 heavy (non-hydrogen) atoms. The highest BCUT2D eigenvalue weighted by molar-refractivity contribution is 7.91. The Hall–Kier alpha value is -1.60. The summed E-state index contributed by atoms with van der Waals surface area (Å²) in [6.45, 7) is 0.00215. The molecule has 1 heterocycles. The molecule has 1 atom stereocenters. The third-order valence-corrected chi connectivity index (χ3v) is 5.99. The third-order valence-electron chi connectivity index (χ3n) is 4.46. The Kier molecular flexibility index (Phi) is 4.10. The zero-order valence-corrected chi connectivity index (χ0v) is 13.1. The van der Waals surface area contributed by atoms with Gasteiger partial charge in [0, 0.05) is 0 Å². The van der Waals surface area contributed by atoms with E-state index in [0.717, 1.165) is 22.7 Å². The molecular weight excluding hydrogens is 304 g/mol. The van der Waals surface area contributed by atoms with Crippen LogP contribution < -0.4 is 9.03 Å². The van der Waals surface area contributed by atoms with Gasteiger partial charge >= 0.3 is 10.2 Å². The molecule has 1 aliphatic heterocycles. The van der Waals surface area contributed by atoms with Gasteiger partial charge in [0.2, 0.25) is 0 Å². The minimum absolute atomic E-state index is 0.00215. The number of hydrogen-bond donors (Lipinski definition) is 2. The zero-order chi connectivity index (χ0) is 15.7. The molecule has 6 nitrogen and oxygen atoms in total. The molecule has 2 N–H and O–H groups in total. The van der Waals surface area contributed by atoms with Crippen LogP contribution in [-0.4, -0.2) is 32.4 Å². The Morgan fingerprint density at radius 1 is 1.23 bits per heavy atom. The number of hydrogen-bond acceptors (Lipinski definition) is 4. The lowest BCUT2D eigenvalue weighted by atomic mass is 9.84. The first-order chi connectivity index (χ1) is 10.5. The van der Waals surface area contributed by atoms with Crippen LogP contribution in [0.4, 0.5) is 5.69 Å². The second kappa shape index (κ2) is 5.89. The van der Waals surface area contributed by atoms with Crippen molar-refractivity contribution < 1.29 is 18.3 Å². The van der Waals surface area contributed by atoms with Gasteiger partial charge in [-0.3, -0.25) is 4.31 Å². The van der Waals surface area contributed by atoms with Crippen molar-refractivity contribution in [1.82, 2.24) is 4.72 Å². The number of carbonyl (C=O) groups is 1. The lowest BCUT2D eigenvalue weighted by Gasteiger charge is -2.23. The summed E-state index contributed by atoms with van der Waals surface area (Å²) in [5.41, 5.74) is 1.27. The molecule has 1 unspecified atom stereocenters. The first-order valence-corrected chi connectivity index (χ1v) is 9.03. The van der Waals surface area contributed by atoms with Crippen LogP contribution in [0.15, 0.2) is 18.2 Å². The standard InChI is InChI=1S/C15H20N2O4S/c18-10-13-9-17(22(20,21)16-13)14-7-6-12(8-15(14)19)11-4-2-1-3-5-11/h6-8,10-11,13,16,19H,1-5,9H2. The molecule has 1 aliphatic carbocycles. The maximum absolute atomic E-state index is 12.0. The molecule has 0 radical (unpaired) electrons. The minimum Gasteiger partial charge on any atom is -0.506 e. The Morgan fingerprint density at radius 3 is 2.55 bits per heavy atom. The lowest BCUT2D eigenvalue weighted by Crippen LogP contribution is -2.30. The molecule has 1 saturated heterocycles. The van der Waals surface area contributed by atoms with Crippen molar-refractivity contribution in [3.8, 4) is 5.75 Å². The van der Waals surface area contributed by atoms with Gasteiger partial charge in [-0.1, -0.05) is 25.3 Å². The topological polar surface area (TPSA) is 86.7 Å². The predicted octanol–water partition coefficient (Wildman–Crippen LogP) is 1.66. The Labute approximate surface area is 130 Å². The van der Waals surface area contributed by atoms with Crippen molar-refractivity contribution >= 4 is 22.2 Å². The number of aldehydes is 1. The van der Waals surface area contributed by atoms with E-state index in [1.165, 1.54) is 19.3 Å². The van der Waals surface area contributed by atoms with E-state index in [1.807, 2.05) is 6.07 Å². The lowest BCUT2D eigenvalue weighted by molar-refractivity contribution is -0.108. The largest absolute Gasteiger partial charge is 0.506 e. The summed E-state index contributed by atoms with van der Waals surface area (Å²) in [4.78, 5) is 10.8. The van der Waals surface area contributed by atoms with Gasteiger partial charge in [-0.2, -0.15) is 13.1 Å². The molecule has 120 valence electrons. The normalized spacial score (nSPS) is 25.3. The fraction of sp³-hybridized carbons (Fsp3) is 0.533. The van der Waals surface area contributed by atoms with E-state index < -0.39 is 16.3 Å². The SMILES string of the molecule is O=CC1CN(c2ccc(C3CCCCC3)cc2O)S(=O)(=O)N1. The third kappa shape index (κ3) is 2.83. The van der Waals surface area contributed by atoms with E-state index >= 15 is 0 Å². The van der Waals surface area contributed by atoms with Crippen LogP contribution in [0.1, 0.15) is 43.6 Å². The monoisotopic (exact) mass is 324 g/mol. The highest BCUT2D eigenvalue weighted by atomic mass is 32.2. The molecule has 1 aromatic rings. The van der Waals surface area contributed by atoms with Gasteiger partial charge in [-0.15, -0.1) is 0 Å². The van der Waals surface area contributed by atoms with Gasteiger partial charge in [0.1, 0.15) is 12.0 Å². The van der Waals surface area contributed by atoms with E-state index in [9.17, 15) is 18.3 Å². The van der Waals surface area contributed by atoms with Crippen molar-refractivity contribution in [3.05, 3.63) is 23.8 Å². The first-order valence-electron chi connectivity index (χ1n) is 7.59. The van der Waals surface area contributed by atoms with Crippen LogP contribution in [0.25, 0.3) is 0 Å². The molecular formula is C15H20N2O4S. The average Bonchev–Trinajstić information content (AvgIpc) is 2.83. The van der Waals surface area contributed by atoms with Gasteiger partial charge < -0.3 is 9.90 Å². The molecule has 3 rings (SSSR count). The summed E-state index contributed by atoms with van der Waals surface area (Å²) in [5.74, 6) is 0.379. The molecule has 2 fully saturated rings. The second-order valence-electron chi connectivity index (χ2n) is 5.98. The number of carbonyl (C=O) groups excluding carboxylic acids is 1. The van der Waals surface area contributed by atoms with Crippen molar-refractivity contribution in [2.45, 2.75) is 44.1 Å². The summed E-state index contributed by atoms with van der Waals surface area (Å²) in [5, 5.41) is 10.3. The van der Waals surface area contributed by atoms with Crippen LogP contribution in [0, 0.1) is 0 Å². The number of nitrogens with one attached hydrogen (secondary N) is 1. The van der Waals surface area contributed by atoms with Crippen LogP contribution in [-0.2, 0) is 15.0 Å². The molecule has 0 aromatic heterocycles. The van der Waals surface area contributed by atoms with Crippen LogP contribution in [0.3, 0.4) is 0 Å². The molecule has 1 aromatic carbocycles. The van der Waals surface area contributed by atoms with E-state index in [4.69, 9.17) is 0 Å². The second-order valence-corrected chi connectivity index (χ2v) is 7.61. The smallest absolute Gasteiger partial charge is 0.302 e. The fourth-order valence-corrected chi connectivity index (χ4v) is 4.72. The highest BCUT2D eigenvalue weighted by Gasteiger charge is 2.36. The molecule has 0 amide bonds. The van der Waals surface area contributed by atoms with Crippen molar-refractivity contribution in [2.24, 2.45) is 0 Å².